The van der Waals surface area contributed by atoms with Crippen molar-refractivity contribution in [2.24, 2.45) is 0 Å². The van der Waals surface area contributed by atoms with E-state index in [0.29, 0.717) is 0 Å². The second-order valence-corrected chi connectivity index (χ2v) is 4.91. The van der Waals surface area contributed by atoms with Crippen molar-refractivity contribution in [3.05, 3.63) is 64.7 Å². The summed E-state index contributed by atoms with van der Waals surface area (Å²) in [6.45, 7) is 0. The van der Waals surface area contributed by atoms with E-state index in [-0.39, 0.29) is 16.6 Å². The Morgan fingerprint density at radius 1 is 1.08 bits per heavy atom. The van der Waals surface area contributed by atoms with E-state index in [4.69, 9.17) is 0 Å². The predicted octanol–water partition coefficient (Wildman–Crippen LogP) is 2.84. The monoisotopic (exact) mass is 334 g/mol. The summed E-state index contributed by atoms with van der Waals surface area (Å²) in [5, 5.41) is 10.0. The molecule has 1 aromatic carbocycles. The molecule has 122 valence electrons. The molecule has 3 rings (SSSR count). The molecule has 5 nitrogen and oxygen atoms in total. The molecule has 0 bridgehead atoms. The number of fused-ring (bicyclic) bond motifs is 1. The molecule has 0 saturated heterocycles. The number of ketones is 1. The van der Waals surface area contributed by atoms with Gasteiger partial charge >= 0.3 is 6.18 Å². The molecule has 0 aliphatic carbocycles. The summed E-state index contributed by atoms with van der Waals surface area (Å²) in [7, 11) is 0. The number of pyridine rings is 2. The Morgan fingerprint density at radius 2 is 1.71 bits per heavy atom. The number of nitrogens with zero attached hydrogens (tertiary/aromatic N) is 2. The van der Waals surface area contributed by atoms with Gasteiger partial charge in [0.15, 0.2) is 0 Å². The maximum Gasteiger partial charge on any atom is 0.455 e. The zero-order valence-corrected chi connectivity index (χ0v) is 11.9. The first kappa shape index (κ1) is 15.7. The average Bonchev–Trinajstić information content (AvgIpc) is 2.55. The summed E-state index contributed by atoms with van der Waals surface area (Å²) in [5.74, 6) is -3.37. The van der Waals surface area contributed by atoms with Crippen molar-refractivity contribution in [1.82, 2.24) is 9.55 Å². The molecule has 8 heteroatoms. The summed E-state index contributed by atoms with van der Waals surface area (Å²) < 4.78 is 39.4. The third-order valence-corrected chi connectivity index (χ3v) is 3.46. The fraction of sp³-hybridized carbons (Fsp3) is 0.0625. The summed E-state index contributed by atoms with van der Waals surface area (Å²) in [4.78, 5) is 28.0. The van der Waals surface area contributed by atoms with Crippen LogP contribution in [0, 0.1) is 0 Å². The van der Waals surface area contributed by atoms with Gasteiger partial charge in [-0.1, -0.05) is 12.1 Å². The molecule has 0 aliphatic heterocycles. The van der Waals surface area contributed by atoms with Gasteiger partial charge in [0.2, 0.25) is 0 Å². The lowest BCUT2D eigenvalue weighted by Gasteiger charge is -2.15. The smallest absolute Gasteiger partial charge is 0.455 e. The Bertz CT molecular complexity index is 995. The third-order valence-electron chi connectivity index (χ3n) is 3.46. The highest BCUT2D eigenvalue weighted by molar-refractivity contribution is 6.06. The molecular weight excluding hydrogens is 325 g/mol. The van der Waals surface area contributed by atoms with E-state index in [2.05, 4.69) is 4.98 Å². The van der Waals surface area contributed by atoms with Crippen LogP contribution >= 0.6 is 0 Å². The number of hydrogen-bond acceptors (Lipinski definition) is 4. The molecule has 0 atom stereocenters. The second-order valence-electron chi connectivity index (χ2n) is 4.91. The zero-order valence-electron chi connectivity index (χ0n) is 11.9. The number of Topliss-reactive ketones (excluding diaryl/α,β-unsaturated/α-hetero) is 1. The van der Waals surface area contributed by atoms with Crippen LogP contribution in [0.3, 0.4) is 0 Å². The molecule has 2 aromatic heterocycles. The van der Waals surface area contributed by atoms with Crippen molar-refractivity contribution in [3.63, 3.8) is 0 Å². The van der Waals surface area contributed by atoms with E-state index in [0.717, 1.165) is 4.57 Å². The number of rotatable bonds is 2. The summed E-state index contributed by atoms with van der Waals surface area (Å²) in [6, 6.07) is 8.64. The van der Waals surface area contributed by atoms with E-state index in [1.807, 2.05) is 0 Å². The molecule has 0 radical (unpaired) electrons. The van der Waals surface area contributed by atoms with Crippen LogP contribution < -0.4 is 5.56 Å². The van der Waals surface area contributed by atoms with Crippen LogP contribution in [0.15, 0.2) is 53.6 Å². The molecular formula is C16H9F3N2O3. The van der Waals surface area contributed by atoms with Crippen LogP contribution in [0.5, 0.6) is 5.75 Å². The highest BCUT2D eigenvalue weighted by Crippen LogP contribution is 2.31. The topological polar surface area (TPSA) is 72.2 Å². The fourth-order valence-corrected chi connectivity index (χ4v) is 2.42. The van der Waals surface area contributed by atoms with Crippen LogP contribution in [-0.4, -0.2) is 26.6 Å². The van der Waals surface area contributed by atoms with Gasteiger partial charge in [-0.05, 0) is 24.3 Å². The van der Waals surface area contributed by atoms with Crippen LogP contribution in [0.4, 0.5) is 13.2 Å². The summed E-state index contributed by atoms with van der Waals surface area (Å²) in [5.41, 5.74) is -2.16. The van der Waals surface area contributed by atoms with Gasteiger partial charge in [-0.2, -0.15) is 13.2 Å². The number of halogens is 3. The zero-order chi connectivity index (χ0) is 17.5. The Balaban J connectivity index is 2.48. The van der Waals surface area contributed by atoms with E-state index >= 15 is 0 Å². The third kappa shape index (κ3) is 2.41. The number of carbonyl (C=O) groups is 1. The van der Waals surface area contributed by atoms with Crippen LogP contribution in [0.2, 0.25) is 0 Å². The van der Waals surface area contributed by atoms with E-state index in [1.165, 1.54) is 42.7 Å². The maximum atomic E-state index is 12.8. The molecule has 0 saturated carbocycles. The Kier molecular flexibility index (Phi) is 3.59. The van der Waals surface area contributed by atoms with Gasteiger partial charge in [0.1, 0.15) is 11.3 Å². The van der Waals surface area contributed by atoms with Crippen molar-refractivity contribution in [1.29, 1.82) is 0 Å². The average molecular weight is 334 g/mol. The molecule has 0 fully saturated rings. The van der Waals surface area contributed by atoms with E-state index in [9.17, 15) is 27.9 Å². The van der Waals surface area contributed by atoms with Crippen molar-refractivity contribution in [2.75, 3.05) is 0 Å². The van der Waals surface area contributed by atoms with Gasteiger partial charge in [0.05, 0.1) is 11.2 Å². The first-order valence-electron chi connectivity index (χ1n) is 6.71. The number of benzene rings is 1. The molecule has 1 N–H and O–H groups in total. The second kappa shape index (κ2) is 5.48. The number of carbonyl (C=O) groups excluding carboxylic acids is 1. The van der Waals surface area contributed by atoms with Gasteiger partial charge in [-0.25, -0.2) is 0 Å². The van der Waals surface area contributed by atoms with Crippen LogP contribution in [-0.2, 0) is 0 Å². The lowest BCUT2D eigenvalue weighted by atomic mass is 10.1. The summed E-state index contributed by atoms with van der Waals surface area (Å²) >= 11 is 0. The Hall–Kier alpha value is -3.16. The quantitative estimate of drug-likeness (QED) is 0.732. The number of para-hydroxylation sites is 1. The Morgan fingerprint density at radius 3 is 2.33 bits per heavy atom. The van der Waals surface area contributed by atoms with Crippen molar-refractivity contribution in [2.45, 2.75) is 6.18 Å². The molecule has 2 heterocycles. The van der Waals surface area contributed by atoms with Crippen LogP contribution in [0.25, 0.3) is 16.6 Å². The van der Waals surface area contributed by atoms with Gasteiger partial charge in [0.25, 0.3) is 11.3 Å². The first-order chi connectivity index (χ1) is 11.3. The Labute approximate surface area is 132 Å². The highest BCUT2D eigenvalue weighted by atomic mass is 19.4. The highest BCUT2D eigenvalue weighted by Gasteiger charge is 2.43. The van der Waals surface area contributed by atoms with Crippen molar-refractivity contribution in [3.8, 4) is 11.4 Å². The lowest BCUT2D eigenvalue weighted by Crippen LogP contribution is -2.32. The molecule has 0 spiro atoms. The van der Waals surface area contributed by atoms with Gasteiger partial charge in [-0.3, -0.25) is 19.1 Å². The molecule has 3 aromatic rings. The minimum atomic E-state index is -5.28. The van der Waals surface area contributed by atoms with Gasteiger partial charge in [-0.15, -0.1) is 0 Å². The largest absolute Gasteiger partial charge is 0.506 e. The summed E-state index contributed by atoms with van der Waals surface area (Å²) in [6.07, 6.45) is -2.57. The predicted molar refractivity (Wildman–Crippen MR) is 79.4 cm³/mol. The van der Waals surface area contributed by atoms with Gasteiger partial charge < -0.3 is 5.11 Å². The molecule has 0 unspecified atom stereocenters. The first-order valence-corrected chi connectivity index (χ1v) is 6.71. The van der Waals surface area contributed by atoms with Gasteiger partial charge in [0, 0.05) is 17.8 Å². The number of hydrogen-bond donors (Lipinski definition) is 1. The lowest BCUT2D eigenvalue weighted by molar-refractivity contribution is -0.0887. The number of alkyl halides is 3. The minimum absolute atomic E-state index is 0.0403. The SMILES string of the molecule is O=C(c1c(O)c2ccccc2n(-c2ccncc2)c1=O)C(F)(F)F. The normalized spacial score (nSPS) is 11.6. The number of aromatic hydroxyl groups is 1. The van der Waals surface area contributed by atoms with Crippen LogP contribution in [0.1, 0.15) is 10.4 Å². The van der Waals surface area contributed by atoms with E-state index < -0.39 is 28.8 Å². The van der Waals surface area contributed by atoms with Crippen molar-refractivity contribution >= 4 is 16.7 Å². The van der Waals surface area contributed by atoms with Crippen molar-refractivity contribution < 1.29 is 23.1 Å². The molecule has 24 heavy (non-hydrogen) atoms. The standard InChI is InChI=1S/C16H9F3N2O3/c17-16(18,19)14(23)12-13(22)10-3-1-2-4-11(10)21(15(12)24)9-5-7-20-8-6-9/h1-8,22H. The minimum Gasteiger partial charge on any atom is -0.506 e. The molecule has 0 aliphatic rings. The number of aromatic nitrogens is 2. The fourth-order valence-electron chi connectivity index (χ4n) is 2.42. The van der Waals surface area contributed by atoms with E-state index in [1.54, 1.807) is 6.07 Å². The maximum absolute atomic E-state index is 12.8. The molecule has 0 amide bonds.